The molecule has 23 heavy (non-hydrogen) atoms. The van der Waals surface area contributed by atoms with Gasteiger partial charge in [-0.2, -0.15) is 0 Å². The van der Waals surface area contributed by atoms with Crippen molar-refractivity contribution < 1.29 is 19.1 Å². The van der Waals surface area contributed by atoms with Crippen molar-refractivity contribution >= 4 is 49.2 Å². The molecule has 2 aromatic rings. The lowest BCUT2D eigenvalue weighted by molar-refractivity contribution is 0.100. The second-order valence-electron chi connectivity index (χ2n) is 4.42. The number of primary amides is 2. The van der Waals surface area contributed by atoms with Crippen molar-refractivity contribution in [1.82, 2.24) is 0 Å². The number of rotatable bonds is 5. The number of amides is 3. The molecule has 0 aliphatic heterocycles. The van der Waals surface area contributed by atoms with Crippen LogP contribution in [0.3, 0.4) is 0 Å². The normalized spacial score (nSPS) is 11.8. The molecule has 0 aliphatic carbocycles. The summed E-state index contributed by atoms with van der Waals surface area (Å²) >= 11 is 4.17. The lowest BCUT2D eigenvalue weighted by Gasteiger charge is -2.14. The van der Waals surface area contributed by atoms with Crippen LogP contribution in [0.5, 0.6) is 0 Å². The van der Waals surface area contributed by atoms with Gasteiger partial charge in [0.1, 0.15) is 10.8 Å². The summed E-state index contributed by atoms with van der Waals surface area (Å²) in [6, 6.07) is 4.36. The first-order chi connectivity index (χ1) is 10.8. The van der Waals surface area contributed by atoms with Crippen LogP contribution in [0.25, 0.3) is 0 Å². The molecule has 7 nitrogen and oxygen atoms in total. The molecule has 0 radical (unpaired) electrons. The fraction of sp³-hybridized carbons (Fsp3) is 0.0769. The molecule has 0 aliphatic rings. The van der Waals surface area contributed by atoms with E-state index < -0.39 is 24.0 Å². The Balaban J connectivity index is 2.27. The molecule has 0 spiro atoms. The largest absolute Gasteiger partial charge is 0.369 e. The number of hydrogen-bond donors (Lipinski definition) is 5. The number of nitrogens with two attached hydrogens (primary N) is 2. The van der Waals surface area contributed by atoms with Crippen LogP contribution >= 0.6 is 27.3 Å². The van der Waals surface area contributed by atoms with Crippen LogP contribution in [-0.2, 0) is 0 Å². The third-order valence-electron chi connectivity index (χ3n) is 2.77. The van der Waals surface area contributed by atoms with E-state index in [1.54, 1.807) is 0 Å². The van der Waals surface area contributed by atoms with Crippen molar-refractivity contribution in [3.8, 4) is 0 Å². The number of aliphatic hydroxyl groups excluding tert-OH is 1. The molecule has 0 saturated carbocycles. The molecule has 1 heterocycles. The van der Waals surface area contributed by atoms with Crippen molar-refractivity contribution in [1.29, 1.82) is 0 Å². The quantitative estimate of drug-likeness (QED) is 0.491. The van der Waals surface area contributed by atoms with Gasteiger partial charge in [-0.05, 0) is 24.3 Å². The van der Waals surface area contributed by atoms with Gasteiger partial charge in [0.05, 0.1) is 10.6 Å². The average molecular weight is 403 g/mol. The van der Waals surface area contributed by atoms with Crippen LogP contribution in [-0.4, -0.2) is 17.0 Å². The molecular formula is C13H12BrFN4O3S. The van der Waals surface area contributed by atoms with E-state index in [1.165, 1.54) is 18.2 Å². The Bertz CT molecular complexity index is 768. The van der Waals surface area contributed by atoms with Crippen LogP contribution < -0.4 is 22.1 Å². The molecule has 0 saturated heterocycles. The molecule has 0 bridgehead atoms. The Kier molecular flexibility index (Phi) is 5.19. The minimum atomic E-state index is -1.25. The van der Waals surface area contributed by atoms with Crippen molar-refractivity contribution in [2.24, 2.45) is 11.5 Å². The topological polar surface area (TPSA) is 130 Å². The molecular weight excluding hydrogens is 391 g/mol. The zero-order valence-electron chi connectivity index (χ0n) is 11.5. The summed E-state index contributed by atoms with van der Waals surface area (Å²) in [4.78, 5) is 22.3. The van der Waals surface area contributed by atoms with Gasteiger partial charge in [0, 0.05) is 10.0 Å². The van der Waals surface area contributed by atoms with Crippen LogP contribution in [0.4, 0.5) is 19.2 Å². The van der Waals surface area contributed by atoms with Crippen molar-refractivity contribution in [2.45, 2.75) is 6.23 Å². The number of nitrogens with one attached hydrogen (secondary N) is 2. The van der Waals surface area contributed by atoms with E-state index in [4.69, 9.17) is 11.5 Å². The Morgan fingerprint density at radius 2 is 2.00 bits per heavy atom. The van der Waals surface area contributed by atoms with E-state index in [0.29, 0.717) is 9.47 Å². The first kappa shape index (κ1) is 17.2. The minimum absolute atomic E-state index is 0.0433. The predicted octanol–water partition coefficient (Wildman–Crippen LogP) is 2.34. The van der Waals surface area contributed by atoms with Gasteiger partial charge in [-0.25, -0.2) is 9.18 Å². The van der Waals surface area contributed by atoms with Crippen LogP contribution in [0.2, 0.25) is 0 Å². The highest BCUT2D eigenvalue weighted by Gasteiger charge is 2.18. The number of anilines is 2. The van der Waals surface area contributed by atoms with E-state index >= 15 is 0 Å². The van der Waals surface area contributed by atoms with Crippen LogP contribution in [0.15, 0.2) is 28.7 Å². The monoisotopic (exact) mass is 402 g/mol. The fourth-order valence-electron chi connectivity index (χ4n) is 1.79. The molecule has 1 unspecified atom stereocenters. The van der Waals surface area contributed by atoms with Gasteiger partial charge < -0.3 is 21.9 Å². The molecule has 1 aromatic carbocycles. The number of halogens is 2. The maximum atomic E-state index is 13.3. The molecule has 10 heteroatoms. The standard InChI is InChI=1S/C13H12BrFN4O3S/c14-8-2-1-5(15)3-6(8)11(21)18-9-4-7(10(16)20)12(23-9)19-13(17)22/h1-4,11,18,21H,(H2,16,20)(H3,17,19,22). The van der Waals surface area contributed by atoms with Crippen molar-refractivity contribution in [3.63, 3.8) is 0 Å². The molecule has 1 atom stereocenters. The predicted molar refractivity (Wildman–Crippen MR) is 88.7 cm³/mol. The highest BCUT2D eigenvalue weighted by Crippen LogP contribution is 2.34. The number of thiophene rings is 1. The molecule has 3 amide bonds. The van der Waals surface area contributed by atoms with Gasteiger partial charge in [0.15, 0.2) is 6.23 Å². The van der Waals surface area contributed by atoms with Crippen molar-refractivity contribution in [3.05, 3.63) is 45.7 Å². The molecule has 1 aromatic heterocycles. The minimum Gasteiger partial charge on any atom is -0.369 e. The van der Waals surface area contributed by atoms with Gasteiger partial charge in [0.2, 0.25) is 0 Å². The van der Waals surface area contributed by atoms with E-state index in [2.05, 4.69) is 26.6 Å². The zero-order chi connectivity index (χ0) is 17.1. The number of urea groups is 1. The third-order valence-corrected chi connectivity index (χ3v) is 4.47. The van der Waals surface area contributed by atoms with E-state index in [0.717, 1.165) is 17.4 Å². The van der Waals surface area contributed by atoms with Gasteiger partial charge in [-0.15, -0.1) is 0 Å². The number of carbonyl (C=O) groups is 2. The third kappa shape index (κ3) is 4.18. The number of aliphatic hydroxyl groups is 1. The smallest absolute Gasteiger partial charge is 0.317 e. The Morgan fingerprint density at radius 3 is 2.61 bits per heavy atom. The van der Waals surface area contributed by atoms with Crippen LogP contribution in [0, 0.1) is 5.82 Å². The lowest BCUT2D eigenvalue weighted by Crippen LogP contribution is -2.21. The number of benzene rings is 1. The lowest BCUT2D eigenvalue weighted by atomic mass is 10.2. The Morgan fingerprint density at radius 1 is 1.30 bits per heavy atom. The number of hydrogen-bond acceptors (Lipinski definition) is 5. The van der Waals surface area contributed by atoms with E-state index in [9.17, 15) is 19.1 Å². The number of carbonyl (C=O) groups excluding carboxylic acids is 2. The maximum Gasteiger partial charge on any atom is 0.317 e. The Hall–Kier alpha value is -2.17. The highest BCUT2D eigenvalue weighted by molar-refractivity contribution is 9.10. The van der Waals surface area contributed by atoms with Gasteiger partial charge in [0.25, 0.3) is 5.91 Å². The second kappa shape index (κ2) is 6.94. The molecule has 2 rings (SSSR count). The molecule has 0 fully saturated rings. The summed E-state index contributed by atoms with van der Waals surface area (Å²) < 4.78 is 13.8. The first-order valence-electron chi connectivity index (χ1n) is 6.17. The maximum absolute atomic E-state index is 13.3. The molecule has 122 valence electrons. The van der Waals surface area contributed by atoms with E-state index in [1.807, 2.05) is 0 Å². The van der Waals surface area contributed by atoms with Gasteiger partial charge in [-0.3, -0.25) is 10.1 Å². The highest BCUT2D eigenvalue weighted by atomic mass is 79.9. The first-order valence-corrected chi connectivity index (χ1v) is 7.78. The summed E-state index contributed by atoms with van der Waals surface area (Å²) in [5, 5.41) is 15.6. The average Bonchev–Trinajstić information content (AvgIpc) is 2.83. The Labute approximate surface area is 142 Å². The van der Waals surface area contributed by atoms with E-state index in [-0.39, 0.29) is 16.1 Å². The van der Waals surface area contributed by atoms with Gasteiger partial charge >= 0.3 is 6.03 Å². The van der Waals surface area contributed by atoms with Gasteiger partial charge in [-0.1, -0.05) is 27.3 Å². The van der Waals surface area contributed by atoms with Crippen LogP contribution in [0.1, 0.15) is 22.1 Å². The summed E-state index contributed by atoms with van der Waals surface area (Å²) in [6.07, 6.45) is -1.25. The molecule has 7 N–H and O–H groups in total. The zero-order valence-corrected chi connectivity index (χ0v) is 13.9. The van der Waals surface area contributed by atoms with Crippen molar-refractivity contribution in [2.75, 3.05) is 10.6 Å². The summed E-state index contributed by atoms with van der Waals surface area (Å²) in [5.74, 6) is -1.27. The SMILES string of the molecule is NC(=O)Nc1sc(NC(O)c2cc(F)ccc2Br)cc1C(N)=O. The second-order valence-corrected chi connectivity index (χ2v) is 6.33. The fourth-order valence-corrected chi connectivity index (χ4v) is 3.24. The summed E-state index contributed by atoms with van der Waals surface area (Å²) in [6.45, 7) is 0. The summed E-state index contributed by atoms with van der Waals surface area (Å²) in [5.41, 5.74) is 10.5. The summed E-state index contributed by atoms with van der Waals surface area (Å²) in [7, 11) is 0.